The Bertz CT molecular complexity index is 459. The monoisotopic (exact) mass is 188 g/mol. The summed E-state index contributed by atoms with van der Waals surface area (Å²) in [5, 5.41) is 8.03. The molecule has 0 saturated carbocycles. The van der Waals surface area contributed by atoms with Crippen LogP contribution in [0.5, 0.6) is 0 Å². The molecule has 1 aromatic heterocycles. The molecule has 3 heteroatoms. The first-order valence-electron chi connectivity index (χ1n) is 4.68. The minimum atomic E-state index is 0.224. The Morgan fingerprint density at radius 2 is 2.36 bits per heavy atom. The smallest absolute Gasteiger partial charge is 0.130 e. The lowest BCUT2D eigenvalue weighted by Gasteiger charge is -2.00. The van der Waals surface area contributed by atoms with Crippen molar-refractivity contribution in [2.24, 2.45) is 0 Å². The van der Waals surface area contributed by atoms with E-state index in [1.54, 1.807) is 13.1 Å². The molecule has 1 aromatic carbocycles. The fourth-order valence-electron chi connectivity index (χ4n) is 1.55. The van der Waals surface area contributed by atoms with E-state index < -0.39 is 0 Å². The number of aromatic nitrogens is 2. The molecule has 0 bridgehead atoms. The molecule has 0 saturated heterocycles. The summed E-state index contributed by atoms with van der Waals surface area (Å²) < 4.78 is 0. The summed E-state index contributed by atoms with van der Waals surface area (Å²) in [5.74, 6) is 0.224. The molecule has 0 amide bonds. The van der Waals surface area contributed by atoms with Gasteiger partial charge in [-0.25, -0.2) is 0 Å². The highest BCUT2D eigenvalue weighted by Gasteiger charge is 2.03. The van der Waals surface area contributed by atoms with Crippen LogP contribution in [0, 0.1) is 0 Å². The van der Waals surface area contributed by atoms with Gasteiger partial charge in [0.2, 0.25) is 0 Å². The Balaban J connectivity index is 2.32. The van der Waals surface area contributed by atoms with E-state index >= 15 is 0 Å². The van der Waals surface area contributed by atoms with Crippen LogP contribution in [0.4, 0.5) is 0 Å². The number of ketones is 1. The van der Waals surface area contributed by atoms with Crippen molar-refractivity contribution in [3.05, 3.63) is 30.0 Å². The largest absolute Gasteiger partial charge is 0.300 e. The molecule has 0 spiro atoms. The Labute approximate surface area is 82.1 Å². The second-order valence-electron chi connectivity index (χ2n) is 3.45. The van der Waals surface area contributed by atoms with Gasteiger partial charge in [-0.1, -0.05) is 18.2 Å². The van der Waals surface area contributed by atoms with Crippen molar-refractivity contribution in [2.75, 3.05) is 0 Å². The van der Waals surface area contributed by atoms with Crippen molar-refractivity contribution in [2.45, 2.75) is 19.8 Å². The van der Waals surface area contributed by atoms with Gasteiger partial charge in [-0.2, -0.15) is 5.10 Å². The third kappa shape index (κ3) is 1.66. The molecule has 1 heterocycles. The molecule has 0 aliphatic carbocycles. The predicted octanol–water partition coefficient (Wildman–Crippen LogP) is 2.08. The Hall–Kier alpha value is -1.64. The van der Waals surface area contributed by atoms with E-state index in [2.05, 4.69) is 10.2 Å². The standard InChI is InChI=1S/C11H12N2O/c1-8(14)5-6-9-3-2-4-10-7-12-13-11(9)10/h2-4,7H,5-6H2,1H3,(H,12,13). The van der Waals surface area contributed by atoms with Crippen LogP contribution >= 0.6 is 0 Å². The molecular formula is C11H12N2O. The van der Waals surface area contributed by atoms with Gasteiger partial charge in [0.15, 0.2) is 0 Å². The summed E-state index contributed by atoms with van der Waals surface area (Å²) in [7, 11) is 0. The Morgan fingerprint density at radius 3 is 3.14 bits per heavy atom. The molecule has 0 atom stereocenters. The predicted molar refractivity (Wildman–Crippen MR) is 55.1 cm³/mol. The van der Waals surface area contributed by atoms with Gasteiger partial charge in [-0.15, -0.1) is 0 Å². The zero-order valence-corrected chi connectivity index (χ0v) is 8.08. The molecule has 2 aromatic rings. The van der Waals surface area contributed by atoms with Crippen molar-refractivity contribution in [1.29, 1.82) is 0 Å². The van der Waals surface area contributed by atoms with Gasteiger partial charge in [0.05, 0.1) is 11.7 Å². The average Bonchev–Trinajstić information content (AvgIpc) is 2.62. The average molecular weight is 188 g/mol. The van der Waals surface area contributed by atoms with Crippen LogP contribution in [0.2, 0.25) is 0 Å². The molecule has 1 N–H and O–H groups in total. The SMILES string of the molecule is CC(=O)CCc1cccc2cn[nH]c12. The van der Waals surface area contributed by atoms with Gasteiger partial charge in [0.25, 0.3) is 0 Å². The fourth-order valence-corrected chi connectivity index (χ4v) is 1.55. The van der Waals surface area contributed by atoms with Gasteiger partial charge in [0.1, 0.15) is 5.78 Å². The Kier molecular flexibility index (Phi) is 2.31. The van der Waals surface area contributed by atoms with Gasteiger partial charge in [0, 0.05) is 11.8 Å². The van der Waals surface area contributed by atoms with Crippen LogP contribution in [0.1, 0.15) is 18.9 Å². The van der Waals surface area contributed by atoms with Gasteiger partial charge in [-0.3, -0.25) is 5.10 Å². The number of hydrogen-bond acceptors (Lipinski definition) is 2. The number of Topliss-reactive ketones (excluding diaryl/α,β-unsaturated/α-hetero) is 1. The number of aryl methyl sites for hydroxylation is 1. The molecule has 0 aliphatic rings. The van der Waals surface area contributed by atoms with Crippen molar-refractivity contribution in [1.82, 2.24) is 10.2 Å². The van der Waals surface area contributed by atoms with Gasteiger partial charge >= 0.3 is 0 Å². The molecule has 14 heavy (non-hydrogen) atoms. The zero-order valence-electron chi connectivity index (χ0n) is 8.08. The summed E-state index contributed by atoms with van der Waals surface area (Å²) >= 11 is 0. The first-order chi connectivity index (χ1) is 6.77. The highest BCUT2D eigenvalue weighted by atomic mass is 16.1. The number of hydrogen-bond donors (Lipinski definition) is 1. The lowest BCUT2D eigenvalue weighted by atomic mass is 10.1. The Morgan fingerprint density at radius 1 is 1.50 bits per heavy atom. The van der Waals surface area contributed by atoms with Crippen molar-refractivity contribution in [3.63, 3.8) is 0 Å². The minimum absolute atomic E-state index is 0.224. The van der Waals surface area contributed by atoms with Crippen LogP contribution in [0.25, 0.3) is 10.9 Å². The summed E-state index contributed by atoms with van der Waals surface area (Å²) in [5.41, 5.74) is 2.21. The van der Waals surface area contributed by atoms with E-state index in [1.807, 2.05) is 18.2 Å². The number of carbonyl (C=O) groups is 1. The number of fused-ring (bicyclic) bond motifs is 1. The molecule has 0 aliphatic heterocycles. The highest BCUT2D eigenvalue weighted by Crippen LogP contribution is 2.16. The van der Waals surface area contributed by atoms with E-state index in [9.17, 15) is 4.79 Å². The van der Waals surface area contributed by atoms with Crippen LogP contribution in [-0.2, 0) is 11.2 Å². The number of aromatic amines is 1. The summed E-state index contributed by atoms with van der Waals surface area (Å²) in [6.45, 7) is 1.62. The van der Waals surface area contributed by atoms with Crippen molar-refractivity contribution >= 4 is 16.7 Å². The maximum atomic E-state index is 10.9. The number of benzene rings is 1. The normalized spacial score (nSPS) is 10.6. The van der Waals surface area contributed by atoms with E-state index in [-0.39, 0.29) is 5.78 Å². The number of nitrogens with one attached hydrogen (secondary N) is 1. The topological polar surface area (TPSA) is 45.8 Å². The lowest BCUT2D eigenvalue weighted by Crippen LogP contribution is -1.94. The zero-order chi connectivity index (χ0) is 9.97. The van der Waals surface area contributed by atoms with E-state index in [4.69, 9.17) is 0 Å². The van der Waals surface area contributed by atoms with Gasteiger partial charge in [-0.05, 0) is 18.9 Å². The molecule has 0 radical (unpaired) electrons. The number of carbonyl (C=O) groups excluding carboxylic acids is 1. The van der Waals surface area contributed by atoms with E-state index in [1.165, 1.54) is 0 Å². The molecule has 2 rings (SSSR count). The molecular weight excluding hydrogens is 176 g/mol. The molecule has 72 valence electrons. The third-order valence-corrected chi connectivity index (χ3v) is 2.31. The highest BCUT2D eigenvalue weighted by molar-refractivity contribution is 5.82. The minimum Gasteiger partial charge on any atom is -0.300 e. The van der Waals surface area contributed by atoms with Crippen LogP contribution < -0.4 is 0 Å². The lowest BCUT2D eigenvalue weighted by molar-refractivity contribution is -0.116. The number of nitrogens with zero attached hydrogens (tertiary/aromatic N) is 1. The quantitative estimate of drug-likeness (QED) is 0.801. The molecule has 3 nitrogen and oxygen atoms in total. The van der Waals surface area contributed by atoms with Crippen molar-refractivity contribution in [3.8, 4) is 0 Å². The number of rotatable bonds is 3. The maximum Gasteiger partial charge on any atom is 0.130 e. The number of H-pyrrole nitrogens is 1. The van der Waals surface area contributed by atoms with Crippen molar-refractivity contribution < 1.29 is 4.79 Å². The second kappa shape index (κ2) is 3.62. The summed E-state index contributed by atoms with van der Waals surface area (Å²) in [4.78, 5) is 10.9. The summed E-state index contributed by atoms with van der Waals surface area (Å²) in [6, 6.07) is 6.03. The van der Waals surface area contributed by atoms with E-state index in [0.717, 1.165) is 22.9 Å². The van der Waals surface area contributed by atoms with Crippen LogP contribution in [0.3, 0.4) is 0 Å². The second-order valence-corrected chi connectivity index (χ2v) is 3.45. The third-order valence-electron chi connectivity index (χ3n) is 2.31. The first kappa shape index (κ1) is 8.94. The van der Waals surface area contributed by atoms with Crippen LogP contribution in [0.15, 0.2) is 24.4 Å². The fraction of sp³-hybridized carbons (Fsp3) is 0.273. The van der Waals surface area contributed by atoms with E-state index in [0.29, 0.717) is 6.42 Å². The maximum absolute atomic E-state index is 10.9. The molecule has 0 fully saturated rings. The molecule has 0 unspecified atom stereocenters. The number of para-hydroxylation sites is 1. The van der Waals surface area contributed by atoms with Gasteiger partial charge < -0.3 is 4.79 Å². The first-order valence-corrected chi connectivity index (χ1v) is 4.68. The summed E-state index contributed by atoms with van der Waals surface area (Å²) in [6.07, 6.45) is 3.18. The van der Waals surface area contributed by atoms with Crippen LogP contribution in [-0.4, -0.2) is 16.0 Å².